The number of nitrogens with zero attached hydrogens (tertiary/aromatic N) is 3. The van der Waals surface area contributed by atoms with Gasteiger partial charge in [0.1, 0.15) is 0 Å². The van der Waals surface area contributed by atoms with Crippen LogP contribution in [0.1, 0.15) is 73.9 Å². The van der Waals surface area contributed by atoms with Crippen LogP contribution in [0.15, 0.2) is 192 Å². The molecule has 8 rings (SSSR count). The molecule has 6 aromatic rings. The highest BCUT2D eigenvalue weighted by atomic mass is 15.1. The lowest BCUT2D eigenvalue weighted by molar-refractivity contribution is 0.740. The van der Waals surface area contributed by atoms with Crippen molar-refractivity contribution in [2.24, 2.45) is 15.9 Å². The average molecular weight is 714 g/mol. The summed E-state index contributed by atoms with van der Waals surface area (Å²) in [5.41, 5.74) is 11.6. The second kappa shape index (κ2) is 16.0. The van der Waals surface area contributed by atoms with Gasteiger partial charge in [0.05, 0.1) is 17.4 Å². The van der Waals surface area contributed by atoms with Crippen molar-refractivity contribution in [2.45, 2.75) is 46.1 Å². The SMILES string of the molecule is C=C1/C=C\C=C/N(C2=CC=C(c3c(C(C)/N=C(\N=C(\c4ccccc4)C(C)CC)c4ccccc4)ccc4ccccc34)CC2)c2c1ccc1ccccc21. The fraction of sp³-hybridized carbons (Fsp3) is 0.154. The molecule has 0 spiro atoms. The molecule has 1 aliphatic heterocycles. The third kappa shape index (κ3) is 7.31. The molecule has 2 unspecified atom stereocenters. The maximum Gasteiger partial charge on any atom is 0.155 e. The van der Waals surface area contributed by atoms with Crippen molar-refractivity contribution in [1.82, 2.24) is 0 Å². The zero-order valence-electron chi connectivity index (χ0n) is 32.0. The van der Waals surface area contributed by atoms with E-state index in [9.17, 15) is 0 Å². The Morgan fingerprint density at radius 1 is 0.691 bits per heavy atom. The summed E-state index contributed by atoms with van der Waals surface area (Å²) < 4.78 is 0. The highest BCUT2D eigenvalue weighted by Crippen LogP contribution is 2.42. The quantitative estimate of drug-likeness (QED) is 0.114. The number of amidine groups is 1. The lowest BCUT2D eigenvalue weighted by Gasteiger charge is -2.31. The summed E-state index contributed by atoms with van der Waals surface area (Å²) in [6.45, 7) is 11.1. The minimum absolute atomic E-state index is 0.146. The molecule has 3 heteroatoms. The van der Waals surface area contributed by atoms with Gasteiger partial charge < -0.3 is 4.90 Å². The van der Waals surface area contributed by atoms with Crippen LogP contribution in [-0.4, -0.2) is 11.5 Å². The van der Waals surface area contributed by atoms with Gasteiger partial charge in [-0.3, -0.25) is 4.99 Å². The van der Waals surface area contributed by atoms with Gasteiger partial charge in [-0.25, -0.2) is 4.99 Å². The van der Waals surface area contributed by atoms with Gasteiger partial charge in [-0.1, -0.05) is 172 Å². The molecular formula is C52H47N3. The summed E-state index contributed by atoms with van der Waals surface area (Å²) in [5, 5.41) is 4.93. The van der Waals surface area contributed by atoms with Crippen molar-refractivity contribution in [3.05, 3.63) is 210 Å². The largest absolute Gasteiger partial charge is 0.320 e. The van der Waals surface area contributed by atoms with E-state index in [2.05, 4.69) is 202 Å². The fourth-order valence-corrected chi connectivity index (χ4v) is 7.90. The van der Waals surface area contributed by atoms with E-state index in [0.717, 1.165) is 53.1 Å². The molecule has 0 radical (unpaired) electrons. The molecule has 3 nitrogen and oxygen atoms in total. The van der Waals surface area contributed by atoms with Gasteiger partial charge in [0.15, 0.2) is 5.84 Å². The molecule has 2 aliphatic rings. The minimum Gasteiger partial charge on any atom is -0.320 e. The first-order valence-corrected chi connectivity index (χ1v) is 19.5. The number of aliphatic imine (C=N–C) groups is 2. The van der Waals surface area contributed by atoms with Crippen molar-refractivity contribution >= 4 is 49.9 Å². The molecule has 0 amide bonds. The predicted molar refractivity (Wildman–Crippen MR) is 237 cm³/mol. The van der Waals surface area contributed by atoms with Crippen molar-refractivity contribution in [3.63, 3.8) is 0 Å². The van der Waals surface area contributed by atoms with E-state index >= 15 is 0 Å². The van der Waals surface area contributed by atoms with E-state index in [0.29, 0.717) is 0 Å². The predicted octanol–water partition coefficient (Wildman–Crippen LogP) is 13.7. The highest BCUT2D eigenvalue weighted by Gasteiger charge is 2.24. The second-order valence-electron chi connectivity index (χ2n) is 14.5. The van der Waals surface area contributed by atoms with Gasteiger partial charge in [-0.15, -0.1) is 0 Å². The topological polar surface area (TPSA) is 28.0 Å². The fourth-order valence-electron chi connectivity index (χ4n) is 7.90. The zero-order valence-corrected chi connectivity index (χ0v) is 32.0. The smallest absolute Gasteiger partial charge is 0.155 e. The summed E-state index contributed by atoms with van der Waals surface area (Å²) in [4.78, 5) is 13.3. The molecule has 0 bridgehead atoms. The lowest BCUT2D eigenvalue weighted by atomic mass is 9.86. The average Bonchev–Trinajstić information content (AvgIpc) is 3.24. The number of fused-ring (bicyclic) bond motifs is 4. The number of rotatable bonds is 8. The van der Waals surface area contributed by atoms with Crippen molar-refractivity contribution in [1.29, 1.82) is 0 Å². The molecule has 0 N–H and O–H groups in total. The Hall–Kier alpha value is -6.32. The van der Waals surface area contributed by atoms with Crippen molar-refractivity contribution in [3.8, 4) is 0 Å². The monoisotopic (exact) mass is 713 g/mol. The molecule has 0 fully saturated rings. The van der Waals surface area contributed by atoms with Gasteiger partial charge in [0.2, 0.25) is 0 Å². The van der Waals surface area contributed by atoms with Crippen LogP contribution in [0.2, 0.25) is 0 Å². The Morgan fingerprint density at radius 3 is 2.05 bits per heavy atom. The Morgan fingerprint density at radius 2 is 1.35 bits per heavy atom. The van der Waals surface area contributed by atoms with Crippen LogP contribution in [0.5, 0.6) is 0 Å². The number of anilines is 1. The molecular weight excluding hydrogens is 667 g/mol. The van der Waals surface area contributed by atoms with E-state index in [1.165, 1.54) is 49.6 Å². The van der Waals surface area contributed by atoms with Gasteiger partial charge in [-0.05, 0) is 88.3 Å². The Balaban J connectivity index is 1.25. The van der Waals surface area contributed by atoms with Crippen LogP contribution in [-0.2, 0) is 0 Å². The highest BCUT2D eigenvalue weighted by molar-refractivity contribution is 6.13. The standard InChI is InChI=1S/C52H47N3/c1-5-36(2)50(42-21-8-6-9-22-42)54-52(43-23-10-7-11-24-43)53-38(4)46-34-30-39-19-12-14-25-47(39)49(46)41-27-31-44(32-28-41)55-35-17-16-18-37(3)45-33-29-40-20-13-15-26-48(40)51(45)55/h6-27,29-31,33-36,38H,3,5,28,32H2,1-2,4H3/b18-16-,35-17-,53-52-,54-50+. The summed E-state index contributed by atoms with van der Waals surface area (Å²) in [5.74, 6) is 1.04. The molecule has 0 aromatic heterocycles. The van der Waals surface area contributed by atoms with Crippen LogP contribution in [0.4, 0.5) is 5.69 Å². The summed E-state index contributed by atoms with van der Waals surface area (Å²) >= 11 is 0. The molecule has 1 heterocycles. The van der Waals surface area contributed by atoms with Crippen LogP contribution in [0.3, 0.4) is 0 Å². The minimum atomic E-state index is -0.146. The van der Waals surface area contributed by atoms with Gasteiger partial charge >= 0.3 is 0 Å². The molecule has 55 heavy (non-hydrogen) atoms. The van der Waals surface area contributed by atoms with Gasteiger partial charge in [-0.2, -0.15) is 0 Å². The van der Waals surface area contributed by atoms with Crippen LogP contribution in [0, 0.1) is 5.92 Å². The first-order valence-electron chi connectivity index (χ1n) is 19.5. The molecule has 0 saturated heterocycles. The first kappa shape index (κ1) is 35.7. The zero-order chi connectivity index (χ0) is 37.7. The maximum atomic E-state index is 5.48. The first-order chi connectivity index (χ1) is 27.0. The van der Waals surface area contributed by atoms with Crippen molar-refractivity contribution < 1.29 is 0 Å². The normalized spacial score (nSPS) is 17.1. The number of hydrogen-bond acceptors (Lipinski definition) is 2. The number of allylic oxidation sites excluding steroid dienone is 8. The summed E-state index contributed by atoms with van der Waals surface area (Å²) in [6, 6.07) is 47.2. The molecule has 0 saturated carbocycles. The van der Waals surface area contributed by atoms with Gasteiger partial charge in [0.25, 0.3) is 0 Å². The van der Waals surface area contributed by atoms with E-state index < -0.39 is 0 Å². The Bertz CT molecular complexity index is 2560. The van der Waals surface area contributed by atoms with Crippen LogP contribution >= 0.6 is 0 Å². The molecule has 270 valence electrons. The van der Waals surface area contributed by atoms with E-state index in [1.807, 2.05) is 0 Å². The van der Waals surface area contributed by atoms with E-state index in [1.54, 1.807) is 0 Å². The van der Waals surface area contributed by atoms with Crippen LogP contribution in [0.25, 0.3) is 32.7 Å². The van der Waals surface area contributed by atoms with E-state index in [-0.39, 0.29) is 12.0 Å². The third-order valence-corrected chi connectivity index (χ3v) is 11.0. The number of benzene rings is 6. The van der Waals surface area contributed by atoms with Gasteiger partial charge in [0, 0.05) is 28.4 Å². The summed E-state index contributed by atoms with van der Waals surface area (Å²) in [7, 11) is 0. The molecule has 1 aliphatic carbocycles. The lowest BCUT2D eigenvalue weighted by Crippen LogP contribution is -2.19. The summed E-state index contributed by atoms with van der Waals surface area (Å²) in [6.07, 6.45) is 16.0. The molecule has 2 atom stereocenters. The van der Waals surface area contributed by atoms with Crippen molar-refractivity contribution in [2.75, 3.05) is 4.90 Å². The second-order valence-corrected chi connectivity index (χ2v) is 14.5. The maximum absolute atomic E-state index is 5.48. The Kier molecular flexibility index (Phi) is 10.4. The Labute approximate surface area is 325 Å². The third-order valence-electron chi connectivity index (χ3n) is 11.0. The number of hydrogen-bond donors (Lipinski definition) is 0. The van der Waals surface area contributed by atoms with E-state index in [4.69, 9.17) is 9.98 Å². The molecule has 6 aromatic carbocycles. The van der Waals surface area contributed by atoms with Crippen LogP contribution < -0.4 is 4.90 Å².